The van der Waals surface area contributed by atoms with Gasteiger partial charge < -0.3 is 19.8 Å². The first-order valence-corrected chi connectivity index (χ1v) is 6.76. The minimum Gasteiger partial charge on any atom is -0.508 e. The van der Waals surface area contributed by atoms with Crippen molar-refractivity contribution in [2.24, 2.45) is 0 Å². The lowest BCUT2D eigenvalue weighted by Gasteiger charge is -2.01. The predicted molar refractivity (Wildman–Crippen MR) is 80.6 cm³/mol. The molecule has 1 heterocycles. The molecule has 9 nitrogen and oxygen atoms in total. The summed E-state index contributed by atoms with van der Waals surface area (Å²) in [6.45, 7) is 0. The summed E-state index contributed by atoms with van der Waals surface area (Å²) in [5.41, 5.74) is 0.00266. The van der Waals surface area contributed by atoms with E-state index in [1.165, 1.54) is 6.07 Å². The maximum absolute atomic E-state index is 10.9. The van der Waals surface area contributed by atoms with Crippen LogP contribution in [0.2, 0.25) is 0 Å². The average Bonchev–Trinajstić information content (AvgIpc) is 3.00. The molecule has 0 saturated heterocycles. The predicted octanol–water partition coefficient (Wildman–Crippen LogP) is 2.35. The van der Waals surface area contributed by atoms with Crippen molar-refractivity contribution in [2.45, 2.75) is 6.42 Å². The normalized spacial score (nSPS) is 10.7. The number of rotatable bonds is 4. The minimum atomic E-state index is -0.835. The van der Waals surface area contributed by atoms with Gasteiger partial charge in [-0.1, -0.05) is 23.4 Å². The Labute approximate surface area is 134 Å². The Bertz CT molecular complexity index is 921. The number of nitro groups is 1. The molecule has 3 rings (SSSR count). The molecule has 2 aromatic carbocycles. The Morgan fingerprint density at radius 3 is 2.58 bits per heavy atom. The first-order chi connectivity index (χ1) is 11.5. The van der Waals surface area contributed by atoms with Crippen molar-refractivity contribution < 1.29 is 24.8 Å². The standard InChI is InChI=1S/C15H11N3O6/c19-11-4-2-1-3-8(11)7-13-16-15(24-17-13)9-5-10(18(22)23)14(21)12(20)6-9/h1-6,19-21H,7H2. The van der Waals surface area contributed by atoms with Gasteiger partial charge in [0.05, 0.1) is 10.5 Å². The lowest BCUT2D eigenvalue weighted by atomic mass is 10.1. The van der Waals surface area contributed by atoms with Crippen LogP contribution in [-0.4, -0.2) is 30.4 Å². The van der Waals surface area contributed by atoms with E-state index in [4.69, 9.17) is 4.52 Å². The first-order valence-electron chi connectivity index (χ1n) is 6.76. The fourth-order valence-electron chi connectivity index (χ4n) is 2.14. The Morgan fingerprint density at radius 2 is 1.88 bits per heavy atom. The van der Waals surface area contributed by atoms with E-state index in [1.807, 2.05) is 0 Å². The zero-order valence-corrected chi connectivity index (χ0v) is 12.1. The van der Waals surface area contributed by atoms with Crippen LogP contribution < -0.4 is 0 Å². The molecular weight excluding hydrogens is 318 g/mol. The number of para-hydroxylation sites is 1. The van der Waals surface area contributed by atoms with Crippen LogP contribution in [0.1, 0.15) is 11.4 Å². The van der Waals surface area contributed by atoms with E-state index in [0.717, 1.165) is 12.1 Å². The SMILES string of the molecule is O=[N+]([O-])c1cc(-c2nc(Cc3ccccc3O)no2)cc(O)c1O. The van der Waals surface area contributed by atoms with Crippen LogP contribution in [0.4, 0.5) is 5.69 Å². The molecule has 0 unspecified atom stereocenters. The van der Waals surface area contributed by atoms with Gasteiger partial charge in [0.1, 0.15) is 5.75 Å². The second kappa shape index (κ2) is 5.88. The van der Waals surface area contributed by atoms with Crippen molar-refractivity contribution >= 4 is 5.69 Å². The number of benzene rings is 2. The Balaban J connectivity index is 1.94. The largest absolute Gasteiger partial charge is 0.508 e. The summed E-state index contributed by atoms with van der Waals surface area (Å²) in [7, 11) is 0. The van der Waals surface area contributed by atoms with Crippen LogP contribution in [0.15, 0.2) is 40.9 Å². The van der Waals surface area contributed by atoms with Crippen LogP contribution in [-0.2, 0) is 6.42 Å². The van der Waals surface area contributed by atoms with Gasteiger partial charge in [-0.25, -0.2) is 0 Å². The van der Waals surface area contributed by atoms with Gasteiger partial charge in [0.25, 0.3) is 5.89 Å². The molecule has 0 amide bonds. The molecule has 0 aliphatic heterocycles. The Hall–Kier alpha value is -3.62. The maximum Gasteiger partial charge on any atom is 0.315 e. The second-order valence-corrected chi connectivity index (χ2v) is 4.94. The topological polar surface area (TPSA) is 143 Å². The number of nitro benzene ring substituents is 1. The van der Waals surface area contributed by atoms with Gasteiger partial charge in [-0.05, 0) is 12.1 Å². The molecule has 24 heavy (non-hydrogen) atoms. The molecule has 0 radical (unpaired) electrons. The smallest absolute Gasteiger partial charge is 0.315 e. The van der Waals surface area contributed by atoms with Gasteiger partial charge in [-0.3, -0.25) is 10.1 Å². The highest BCUT2D eigenvalue weighted by atomic mass is 16.6. The summed E-state index contributed by atoms with van der Waals surface area (Å²) in [5.74, 6) is -1.22. The molecule has 122 valence electrons. The first kappa shape index (κ1) is 15.3. The Kier molecular flexibility index (Phi) is 3.74. The summed E-state index contributed by atoms with van der Waals surface area (Å²) in [6.07, 6.45) is 0.197. The minimum absolute atomic E-state index is 0.0566. The highest BCUT2D eigenvalue weighted by Crippen LogP contribution is 2.39. The summed E-state index contributed by atoms with van der Waals surface area (Å²) in [4.78, 5) is 14.1. The van der Waals surface area contributed by atoms with Gasteiger partial charge in [-0.2, -0.15) is 4.98 Å². The number of hydrogen-bond donors (Lipinski definition) is 3. The fraction of sp³-hybridized carbons (Fsp3) is 0.0667. The zero-order chi connectivity index (χ0) is 17.3. The van der Waals surface area contributed by atoms with Gasteiger partial charge in [-0.15, -0.1) is 0 Å². The molecule has 3 aromatic rings. The molecule has 0 aliphatic carbocycles. The molecular formula is C15H11N3O6. The molecule has 0 bridgehead atoms. The number of hydrogen-bond acceptors (Lipinski definition) is 8. The number of phenols is 3. The summed E-state index contributed by atoms with van der Waals surface area (Å²) < 4.78 is 5.03. The van der Waals surface area contributed by atoms with Crippen molar-refractivity contribution in [3.8, 4) is 28.7 Å². The van der Waals surface area contributed by atoms with E-state index >= 15 is 0 Å². The van der Waals surface area contributed by atoms with E-state index < -0.39 is 22.1 Å². The summed E-state index contributed by atoms with van der Waals surface area (Å²) in [6, 6.07) is 8.75. The monoisotopic (exact) mass is 329 g/mol. The van der Waals surface area contributed by atoms with Crippen LogP contribution in [0.3, 0.4) is 0 Å². The number of phenolic OH excluding ortho intramolecular Hbond substituents is 3. The Morgan fingerprint density at radius 1 is 1.12 bits per heavy atom. The van der Waals surface area contributed by atoms with Gasteiger partial charge in [0.2, 0.25) is 5.75 Å². The third-order valence-electron chi connectivity index (χ3n) is 3.32. The third-order valence-corrected chi connectivity index (χ3v) is 3.32. The molecule has 3 N–H and O–H groups in total. The van der Waals surface area contributed by atoms with Gasteiger partial charge in [0, 0.05) is 18.1 Å². The molecule has 1 aromatic heterocycles. The van der Waals surface area contributed by atoms with Crippen LogP contribution in [0.5, 0.6) is 17.2 Å². The van der Waals surface area contributed by atoms with Gasteiger partial charge in [0.15, 0.2) is 11.6 Å². The molecule has 9 heteroatoms. The number of aromatic hydroxyl groups is 3. The van der Waals surface area contributed by atoms with Crippen molar-refractivity contribution in [1.29, 1.82) is 0 Å². The molecule has 0 atom stereocenters. The van der Waals surface area contributed by atoms with Crippen molar-refractivity contribution in [3.63, 3.8) is 0 Å². The molecule has 0 aliphatic rings. The van der Waals surface area contributed by atoms with Crippen LogP contribution in [0.25, 0.3) is 11.5 Å². The van der Waals surface area contributed by atoms with Crippen molar-refractivity contribution in [1.82, 2.24) is 10.1 Å². The summed E-state index contributed by atoms with van der Waals surface area (Å²) in [5, 5.41) is 43.4. The van der Waals surface area contributed by atoms with Crippen molar-refractivity contribution in [2.75, 3.05) is 0 Å². The molecule has 0 fully saturated rings. The molecule has 0 saturated carbocycles. The quantitative estimate of drug-likeness (QED) is 0.376. The van der Waals surface area contributed by atoms with Gasteiger partial charge >= 0.3 is 5.69 Å². The highest BCUT2D eigenvalue weighted by molar-refractivity contribution is 5.67. The van der Waals surface area contributed by atoms with E-state index in [1.54, 1.807) is 18.2 Å². The van der Waals surface area contributed by atoms with Crippen LogP contribution in [0, 0.1) is 10.1 Å². The van der Waals surface area contributed by atoms with E-state index in [0.29, 0.717) is 5.56 Å². The van der Waals surface area contributed by atoms with E-state index in [2.05, 4.69) is 10.1 Å². The van der Waals surface area contributed by atoms with Crippen LogP contribution >= 0.6 is 0 Å². The molecule has 0 spiro atoms. The number of aromatic nitrogens is 2. The second-order valence-electron chi connectivity index (χ2n) is 4.94. The third kappa shape index (κ3) is 2.82. The highest BCUT2D eigenvalue weighted by Gasteiger charge is 2.22. The zero-order valence-electron chi connectivity index (χ0n) is 12.1. The van der Waals surface area contributed by atoms with E-state index in [9.17, 15) is 25.4 Å². The fourth-order valence-corrected chi connectivity index (χ4v) is 2.14. The summed E-state index contributed by atoms with van der Waals surface area (Å²) >= 11 is 0. The lowest BCUT2D eigenvalue weighted by Crippen LogP contribution is -1.92. The average molecular weight is 329 g/mol. The maximum atomic E-state index is 10.9. The number of nitrogens with zero attached hydrogens (tertiary/aromatic N) is 3. The van der Waals surface area contributed by atoms with E-state index in [-0.39, 0.29) is 29.4 Å². The lowest BCUT2D eigenvalue weighted by molar-refractivity contribution is -0.385. The van der Waals surface area contributed by atoms with Crippen molar-refractivity contribution in [3.05, 3.63) is 57.9 Å².